The van der Waals surface area contributed by atoms with Crippen LogP contribution in [0.25, 0.3) is 0 Å². The maximum absolute atomic E-state index is 11.7. The zero-order valence-electron chi connectivity index (χ0n) is 13.3. The largest absolute Gasteiger partial charge is 0.492 e. The van der Waals surface area contributed by atoms with Crippen molar-refractivity contribution in [3.63, 3.8) is 0 Å². The van der Waals surface area contributed by atoms with Gasteiger partial charge in [-0.2, -0.15) is 12.7 Å². The second kappa shape index (κ2) is 7.30. The number of hydrogen-bond acceptors (Lipinski definition) is 5. The third kappa shape index (κ3) is 4.57. The Hall–Kier alpha value is -2.32. The van der Waals surface area contributed by atoms with E-state index in [9.17, 15) is 8.42 Å². The first-order valence-electron chi connectivity index (χ1n) is 7.07. The van der Waals surface area contributed by atoms with Crippen LogP contribution in [0.15, 0.2) is 42.6 Å². The summed E-state index contributed by atoms with van der Waals surface area (Å²) in [6.45, 7) is 2.49. The van der Waals surface area contributed by atoms with Crippen LogP contribution in [0.3, 0.4) is 0 Å². The molecule has 0 spiro atoms. The Kier molecular flexibility index (Phi) is 5.41. The molecule has 2 aromatic rings. The molecule has 1 aromatic heterocycles. The Labute approximate surface area is 136 Å². The molecule has 0 aliphatic heterocycles. The predicted octanol–water partition coefficient (Wildman–Crippen LogP) is 2.44. The molecule has 7 nitrogen and oxygen atoms in total. The summed E-state index contributed by atoms with van der Waals surface area (Å²) >= 11 is 0. The molecule has 2 rings (SSSR count). The van der Waals surface area contributed by atoms with Crippen LogP contribution in [0.5, 0.6) is 5.75 Å². The molecule has 0 fully saturated rings. The number of pyridine rings is 1. The Morgan fingerprint density at radius 3 is 2.52 bits per heavy atom. The van der Waals surface area contributed by atoms with Gasteiger partial charge in [-0.25, -0.2) is 4.98 Å². The van der Waals surface area contributed by atoms with Crippen molar-refractivity contribution < 1.29 is 13.2 Å². The Bertz CT molecular complexity index is 746. The van der Waals surface area contributed by atoms with Gasteiger partial charge in [-0.3, -0.25) is 4.72 Å². The van der Waals surface area contributed by atoms with Gasteiger partial charge in [-0.1, -0.05) is 12.1 Å². The zero-order valence-corrected chi connectivity index (χ0v) is 14.1. The van der Waals surface area contributed by atoms with Crippen LogP contribution in [0.2, 0.25) is 0 Å². The van der Waals surface area contributed by atoms with Gasteiger partial charge >= 0.3 is 10.2 Å². The third-order valence-corrected chi connectivity index (χ3v) is 4.37. The van der Waals surface area contributed by atoms with E-state index in [0.29, 0.717) is 6.61 Å². The maximum atomic E-state index is 11.7. The summed E-state index contributed by atoms with van der Waals surface area (Å²) in [5, 5.41) is 3.19. The summed E-state index contributed by atoms with van der Waals surface area (Å²) in [7, 11) is -0.662. The summed E-state index contributed by atoms with van der Waals surface area (Å²) < 4.78 is 32.5. The summed E-state index contributed by atoms with van der Waals surface area (Å²) in [4.78, 5) is 4.10. The van der Waals surface area contributed by atoms with E-state index in [4.69, 9.17) is 4.74 Å². The monoisotopic (exact) mass is 336 g/mol. The van der Waals surface area contributed by atoms with Crippen LogP contribution in [0.4, 0.5) is 17.2 Å². The number of benzene rings is 1. The molecule has 0 radical (unpaired) electrons. The Morgan fingerprint density at radius 1 is 1.17 bits per heavy atom. The molecule has 0 bridgehead atoms. The van der Waals surface area contributed by atoms with Gasteiger partial charge in [-0.15, -0.1) is 0 Å². The maximum Gasteiger partial charge on any atom is 0.302 e. The zero-order chi connectivity index (χ0) is 16.9. The smallest absolute Gasteiger partial charge is 0.302 e. The van der Waals surface area contributed by atoms with Crippen molar-refractivity contribution in [2.75, 3.05) is 30.7 Å². The lowest BCUT2D eigenvalue weighted by molar-refractivity contribution is 0.342. The molecule has 0 aliphatic carbocycles. The minimum absolute atomic E-state index is 0.252. The van der Waals surface area contributed by atoms with Crippen molar-refractivity contribution in [3.05, 3.63) is 42.6 Å². The van der Waals surface area contributed by atoms with Crippen molar-refractivity contribution in [2.45, 2.75) is 6.92 Å². The molecule has 2 N–H and O–H groups in total. The third-order valence-electron chi connectivity index (χ3n) is 2.94. The molecule has 1 aromatic carbocycles. The van der Waals surface area contributed by atoms with Crippen molar-refractivity contribution in [3.8, 4) is 5.75 Å². The van der Waals surface area contributed by atoms with Crippen molar-refractivity contribution in [1.82, 2.24) is 9.29 Å². The predicted molar refractivity (Wildman–Crippen MR) is 91.4 cm³/mol. The van der Waals surface area contributed by atoms with Crippen LogP contribution in [-0.4, -0.2) is 38.4 Å². The van der Waals surface area contributed by atoms with E-state index in [-0.39, 0.29) is 5.82 Å². The van der Waals surface area contributed by atoms with E-state index in [0.717, 1.165) is 21.4 Å². The summed E-state index contributed by atoms with van der Waals surface area (Å²) in [6.07, 6.45) is 1.55. The van der Waals surface area contributed by atoms with Crippen molar-refractivity contribution >= 4 is 27.4 Å². The second-order valence-electron chi connectivity index (χ2n) is 4.88. The standard InChI is InChI=1S/C15H20N4O3S/c1-4-22-14-8-6-5-7-13(14)17-12-9-10-15(16-11-12)18-23(20,21)19(2)3/h5-11,17H,4H2,1-3H3,(H,16,18). The molecule has 0 saturated heterocycles. The highest BCUT2D eigenvalue weighted by Crippen LogP contribution is 2.27. The van der Waals surface area contributed by atoms with Crippen LogP contribution >= 0.6 is 0 Å². The number of hydrogen-bond donors (Lipinski definition) is 2. The van der Waals surface area contributed by atoms with Crippen LogP contribution < -0.4 is 14.8 Å². The number of rotatable bonds is 7. The number of anilines is 3. The number of nitrogens with one attached hydrogen (secondary N) is 2. The SMILES string of the molecule is CCOc1ccccc1Nc1ccc(NS(=O)(=O)N(C)C)nc1. The van der Waals surface area contributed by atoms with Gasteiger partial charge in [0.25, 0.3) is 0 Å². The normalized spacial score (nSPS) is 11.3. The first-order valence-corrected chi connectivity index (χ1v) is 8.51. The number of para-hydroxylation sites is 2. The molecule has 0 saturated carbocycles. The van der Waals surface area contributed by atoms with Crippen LogP contribution in [-0.2, 0) is 10.2 Å². The number of nitrogens with zero attached hydrogens (tertiary/aromatic N) is 2. The van der Waals surface area contributed by atoms with Crippen molar-refractivity contribution in [1.29, 1.82) is 0 Å². The van der Waals surface area contributed by atoms with E-state index in [2.05, 4.69) is 15.0 Å². The van der Waals surface area contributed by atoms with Crippen LogP contribution in [0, 0.1) is 0 Å². The van der Waals surface area contributed by atoms with Gasteiger partial charge in [0, 0.05) is 14.1 Å². The van der Waals surface area contributed by atoms with Gasteiger partial charge in [0.05, 0.1) is 24.2 Å². The second-order valence-corrected chi connectivity index (χ2v) is 6.76. The van der Waals surface area contributed by atoms with Crippen LogP contribution in [0.1, 0.15) is 6.92 Å². The Morgan fingerprint density at radius 2 is 1.91 bits per heavy atom. The minimum atomic E-state index is -3.56. The quantitative estimate of drug-likeness (QED) is 0.811. The highest BCUT2D eigenvalue weighted by molar-refractivity contribution is 7.90. The van der Waals surface area contributed by atoms with E-state index >= 15 is 0 Å². The molecular formula is C15H20N4O3S. The molecule has 0 atom stereocenters. The summed E-state index contributed by atoms with van der Waals surface area (Å²) in [5.74, 6) is 0.995. The van der Waals surface area contributed by atoms with Gasteiger partial charge < -0.3 is 10.1 Å². The fourth-order valence-electron chi connectivity index (χ4n) is 1.76. The van der Waals surface area contributed by atoms with E-state index in [1.54, 1.807) is 18.3 Å². The van der Waals surface area contributed by atoms with Gasteiger partial charge in [0.1, 0.15) is 11.6 Å². The fraction of sp³-hybridized carbons (Fsp3) is 0.267. The summed E-state index contributed by atoms with van der Waals surface area (Å²) in [6, 6.07) is 10.9. The van der Waals surface area contributed by atoms with E-state index < -0.39 is 10.2 Å². The first-order chi connectivity index (χ1) is 10.9. The number of aromatic nitrogens is 1. The topological polar surface area (TPSA) is 83.6 Å². The molecule has 8 heteroatoms. The van der Waals surface area contributed by atoms with Gasteiger partial charge in [-0.05, 0) is 31.2 Å². The lowest BCUT2D eigenvalue weighted by Gasteiger charge is -2.14. The van der Waals surface area contributed by atoms with E-state index in [1.165, 1.54) is 14.1 Å². The summed E-state index contributed by atoms with van der Waals surface area (Å²) in [5.41, 5.74) is 1.54. The van der Waals surface area contributed by atoms with Crippen molar-refractivity contribution in [2.24, 2.45) is 0 Å². The lowest BCUT2D eigenvalue weighted by Crippen LogP contribution is -2.29. The molecule has 124 valence electrons. The highest BCUT2D eigenvalue weighted by atomic mass is 32.2. The molecule has 1 heterocycles. The Balaban J connectivity index is 2.12. The molecule has 0 unspecified atom stereocenters. The number of ether oxygens (including phenoxy) is 1. The molecular weight excluding hydrogens is 316 g/mol. The highest BCUT2D eigenvalue weighted by Gasteiger charge is 2.13. The average molecular weight is 336 g/mol. The van der Waals surface area contributed by atoms with Gasteiger partial charge in [0.2, 0.25) is 0 Å². The molecule has 0 aliphatic rings. The van der Waals surface area contributed by atoms with Gasteiger partial charge in [0.15, 0.2) is 0 Å². The molecule has 23 heavy (non-hydrogen) atoms. The molecule has 0 amide bonds. The lowest BCUT2D eigenvalue weighted by atomic mass is 10.2. The van der Waals surface area contributed by atoms with E-state index in [1.807, 2.05) is 31.2 Å². The fourth-order valence-corrected chi connectivity index (χ4v) is 2.33. The first kappa shape index (κ1) is 17.0. The average Bonchev–Trinajstić information content (AvgIpc) is 2.51. The minimum Gasteiger partial charge on any atom is -0.492 e.